The van der Waals surface area contributed by atoms with E-state index in [2.05, 4.69) is 13.0 Å². The first-order chi connectivity index (χ1) is 13.5. The van der Waals surface area contributed by atoms with Crippen LogP contribution < -0.4 is 0 Å². The molecular weight excluding hydrogens is 368 g/mol. The molecule has 0 radical (unpaired) electrons. The fraction of sp³-hybridized carbons (Fsp3) is 0.583. The molecule has 0 aromatic heterocycles. The minimum absolute atomic E-state index is 0.0786. The molecule has 0 fully saturated rings. The standard InChI is InChI=1S/C24H36O5/c1-15(2)21-13-11-16(3)9-8-10-17(4)22(27)14-12-18(5)23(28-19(6)25)24(21)29-20(7)26/h10-13,15,22-24,27H,8-9,14H2,1-7H3/b16-11+,17-10+,18-12+,21-13-/t22-,23+,24?/m0/s1. The van der Waals surface area contributed by atoms with Gasteiger partial charge >= 0.3 is 11.9 Å². The average molecular weight is 405 g/mol. The van der Waals surface area contributed by atoms with E-state index in [4.69, 9.17) is 9.47 Å². The van der Waals surface area contributed by atoms with Gasteiger partial charge in [0.25, 0.3) is 0 Å². The van der Waals surface area contributed by atoms with Crippen molar-refractivity contribution in [1.29, 1.82) is 0 Å². The Morgan fingerprint density at radius 2 is 1.55 bits per heavy atom. The van der Waals surface area contributed by atoms with E-state index in [-0.39, 0.29) is 5.92 Å². The second-order valence-electron chi connectivity index (χ2n) is 8.08. The summed E-state index contributed by atoms with van der Waals surface area (Å²) in [6.45, 7) is 12.5. The van der Waals surface area contributed by atoms with Crippen molar-refractivity contribution < 1.29 is 24.2 Å². The number of aliphatic hydroxyl groups is 1. The first-order valence-corrected chi connectivity index (χ1v) is 10.3. The van der Waals surface area contributed by atoms with Gasteiger partial charge < -0.3 is 14.6 Å². The van der Waals surface area contributed by atoms with Crippen LogP contribution in [0.4, 0.5) is 0 Å². The molecule has 0 aromatic rings. The lowest BCUT2D eigenvalue weighted by Gasteiger charge is -2.31. The van der Waals surface area contributed by atoms with Crippen molar-refractivity contribution in [2.75, 3.05) is 0 Å². The molecule has 1 N–H and O–H groups in total. The molecule has 0 bridgehead atoms. The first kappa shape index (κ1) is 24.9. The molecule has 0 amide bonds. The van der Waals surface area contributed by atoms with Crippen LogP contribution in [0.15, 0.2) is 46.6 Å². The van der Waals surface area contributed by atoms with E-state index in [9.17, 15) is 14.7 Å². The lowest BCUT2D eigenvalue weighted by Crippen LogP contribution is -2.38. The molecule has 1 unspecified atom stereocenters. The number of aliphatic hydroxyl groups excluding tert-OH is 1. The summed E-state index contributed by atoms with van der Waals surface area (Å²) in [5, 5.41) is 10.5. The monoisotopic (exact) mass is 404 g/mol. The van der Waals surface area contributed by atoms with Gasteiger partial charge in [-0.2, -0.15) is 0 Å². The molecule has 5 nitrogen and oxygen atoms in total. The molecule has 3 atom stereocenters. The van der Waals surface area contributed by atoms with Crippen molar-refractivity contribution in [3.05, 3.63) is 46.6 Å². The molecule has 162 valence electrons. The zero-order chi connectivity index (χ0) is 22.1. The van der Waals surface area contributed by atoms with E-state index in [1.54, 1.807) is 0 Å². The lowest BCUT2D eigenvalue weighted by molar-refractivity contribution is -0.160. The van der Waals surface area contributed by atoms with Gasteiger partial charge in [-0.25, -0.2) is 0 Å². The summed E-state index contributed by atoms with van der Waals surface area (Å²) >= 11 is 0. The van der Waals surface area contributed by atoms with Gasteiger partial charge in [0.05, 0.1) is 6.10 Å². The third-order valence-electron chi connectivity index (χ3n) is 5.06. The number of allylic oxidation sites excluding steroid dienone is 4. The molecule has 1 rings (SSSR count). The van der Waals surface area contributed by atoms with Gasteiger partial charge in [-0.1, -0.05) is 43.7 Å². The van der Waals surface area contributed by atoms with Crippen molar-refractivity contribution in [1.82, 2.24) is 0 Å². The van der Waals surface area contributed by atoms with Crippen molar-refractivity contribution >= 4 is 11.9 Å². The van der Waals surface area contributed by atoms with Crippen molar-refractivity contribution in [2.24, 2.45) is 5.92 Å². The predicted molar refractivity (Wildman–Crippen MR) is 115 cm³/mol. The highest BCUT2D eigenvalue weighted by Crippen LogP contribution is 2.28. The Labute approximate surface area is 175 Å². The molecule has 0 spiro atoms. The fourth-order valence-electron chi connectivity index (χ4n) is 3.26. The van der Waals surface area contributed by atoms with E-state index in [0.29, 0.717) is 6.42 Å². The number of hydrogen-bond donors (Lipinski definition) is 1. The Kier molecular flexibility index (Phi) is 10.1. The molecular formula is C24H36O5. The van der Waals surface area contributed by atoms with Crippen LogP contribution in [0.3, 0.4) is 0 Å². The Morgan fingerprint density at radius 3 is 2.10 bits per heavy atom. The van der Waals surface area contributed by atoms with E-state index in [1.807, 2.05) is 45.9 Å². The number of carbonyl (C=O) groups excluding carboxylic acids is 2. The van der Waals surface area contributed by atoms with Gasteiger partial charge in [-0.15, -0.1) is 0 Å². The molecule has 29 heavy (non-hydrogen) atoms. The average Bonchev–Trinajstić information content (AvgIpc) is 2.61. The van der Waals surface area contributed by atoms with Gasteiger partial charge in [0, 0.05) is 13.8 Å². The van der Waals surface area contributed by atoms with E-state index < -0.39 is 30.3 Å². The Morgan fingerprint density at radius 1 is 0.966 bits per heavy atom. The van der Waals surface area contributed by atoms with Crippen LogP contribution in [0.1, 0.15) is 67.7 Å². The second-order valence-corrected chi connectivity index (χ2v) is 8.08. The third kappa shape index (κ3) is 8.40. The number of ether oxygens (including phenoxy) is 2. The van der Waals surface area contributed by atoms with Crippen LogP contribution in [0.5, 0.6) is 0 Å². The van der Waals surface area contributed by atoms with E-state index >= 15 is 0 Å². The molecule has 1 aliphatic rings. The van der Waals surface area contributed by atoms with Gasteiger partial charge in [-0.05, 0) is 62.7 Å². The van der Waals surface area contributed by atoms with Gasteiger partial charge in [0.15, 0.2) is 12.2 Å². The highest BCUT2D eigenvalue weighted by atomic mass is 16.6. The summed E-state index contributed by atoms with van der Waals surface area (Å²) in [7, 11) is 0. The van der Waals surface area contributed by atoms with Crippen molar-refractivity contribution in [3.63, 3.8) is 0 Å². The van der Waals surface area contributed by atoms with Crippen molar-refractivity contribution in [2.45, 2.75) is 86.0 Å². The smallest absolute Gasteiger partial charge is 0.303 e. The van der Waals surface area contributed by atoms with Crippen LogP contribution in [-0.4, -0.2) is 35.4 Å². The normalized spacial score (nSPS) is 31.7. The summed E-state index contributed by atoms with van der Waals surface area (Å²) in [6.07, 6.45) is 7.96. The van der Waals surface area contributed by atoms with Gasteiger partial charge in [0.1, 0.15) is 0 Å². The molecule has 0 heterocycles. The highest BCUT2D eigenvalue weighted by Gasteiger charge is 2.33. The first-order valence-electron chi connectivity index (χ1n) is 10.3. The Balaban J connectivity index is 3.57. The quantitative estimate of drug-likeness (QED) is 0.539. The molecule has 0 saturated heterocycles. The summed E-state index contributed by atoms with van der Waals surface area (Å²) < 4.78 is 11.3. The predicted octanol–water partition coefficient (Wildman–Crippen LogP) is 4.82. The largest absolute Gasteiger partial charge is 0.454 e. The zero-order valence-electron chi connectivity index (χ0n) is 18.8. The number of rotatable bonds is 3. The molecule has 1 aliphatic carbocycles. The SMILES string of the molecule is CC(=O)OC1/C(C(C)C)=C\C=C(/C)CC/C=C(\C)[C@@H](O)C/C=C(\C)[C@H]1OC(C)=O. The number of hydrogen-bond acceptors (Lipinski definition) is 5. The summed E-state index contributed by atoms with van der Waals surface area (Å²) in [5.41, 5.74) is 3.71. The number of carbonyl (C=O) groups is 2. The van der Waals surface area contributed by atoms with Crippen LogP contribution in [0.25, 0.3) is 0 Å². The van der Waals surface area contributed by atoms with Gasteiger partial charge in [0.2, 0.25) is 0 Å². The summed E-state index contributed by atoms with van der Waals surface area (Å²) in [6, 6.07) is 0. The molecule has 0 aliphatic heterocycles. The third-order valence-corrected chi connectivity index (χ3v) is 5.06. The topological polar surface area (TPSA) is 72.8 Å². The molecule has 0 saturated carbocycles. The number of esters is 2. The zero-order valence-corrected chi connectivity index (χ0v) is 18.8. The maximum atomic E-state index is 11.9. The highest BCUT2D eigenvalue weighted by molar-refractivity contribution is 5.68. The van der Waals surface area contributed by atoms with Crippen LogP contribution in [-0.2, 0) is 19.1 Å². The maximum Gasteiger partial charge on any atom is 0.303 e. The minimum Gasteiger partial charge on any atom is -0.454 e. The van der Waals surface area contributed by atoms with E-state index in [0.717, 1.165) is 29.6 Å². The Hall–Kier alpha value is -2.14. The van der Waals surface area contributed by atoms with Crippen molar-refractivity contribution in [3.8, 4) is 0 Å². The maximum absolute atomic E-state index is 11.9. The van der Waals surface area contributed by atoms with Crippen LogP contribution in [0, 0.1) is 5.92 Å². The fourth-order valence-corrected chi connectivity index (χ4v) is 3.26. The molecule has 0 aromatic carbocycles. The van der Waals surface area contributed by atoms with Gasteiger partial charge in [-0.3, -0.25) is 9.59 Å². The second kappa shape index (κ2) is 11.8. The minimum atomic E-state index is -0.752. The van der Waals surface area contributed by atoms with Crippen LogP contribution in [0.2, 0.25) is 0 Å². The Bertz CT molecular complexity index is 709. The lowest BCUT2D eigenvalue weighted by atomic mass is 9.89. The summed E-state index contributed by atoms with van der Waals surface area (Å²) in [5.74, 6) is -0.811. The summed E-state index contributed by atoms with van der Waals surface area (Å²) in [4.78, 5) is 23.7. The van der Waals surface area contributed by atoms with Crippen LogP contribution >= 0.6 is 0 Å². The van der Waals surface area contributed by atoms with E-state index in [1.165, 1.54) is 19.4 Å². The molecule has 5 heteroatoms.